The first-order valence-corrected chi connectivity index (χ1v) is 1.47. The minimum absolute atomic E-state index is 1.52. The van der Waals surface area contributed by atoms with Crippen molar-refractivity contribution in [1.29, 1.82) is 0 Å². The minimum Gasteiger partial charge on any atom is -0.259 e. The molecule has 0 fully saturated rings. The zero-order valence-corrected chi connectivity index (χ0v) is 2.97. The molecule has 0 saturated heterocycles. The van der Waals surface area contributed by atoms with Crippen molar-refractivity contribution in [2.45, 2.75) is 0 Å². The van der Waals surface area contributed by atoms with Crippen LogP contribution >= 0.6 is 0 Å². The van der Waals surface area contributed by atoms with E-state index in [9.17, 15) is 0 Å². The van der Waals surface area contributed by atoms with E-state index in [0.717, 1.165) is 0 Å². The second-order valence-corrected chi connectivity index (χ2v) is 0.730. The van der Waals surface area contributed by atoms with Crippen LogP contribution in [0.15, 0.2) is 22.3 Å². The molecule has 0 spiro atoms. The Morgan fingerprint density at radius 3 is 2.83 bits per heavy atom. The first-order chi connectivity index (χ1) is 3.00. The Bertz CT molecular complexity index is 118. The Morgan fingerprint density at radius 2 is 2.67 bits per heavy atom. The second-order valence-electron chi connectivity index (χ2n) is 0.730. The summed E-state index contributed by atoms with van der Waals surface area (Å²) in [5.41, 5.74) is 4.98. The Kier molecular flexibility index (Phi) is 0.719. The van der Waals surface area contributed by atoms with E-state index in [0.29, 0.717) is 0 Å². The normalized spacial score (nSPS) is 14.7. The van der Waals surface area contributed by atoms with Crippen LogP contribution in [0.2, 0.25) is 0 Å². The fraction of sp³-hybridized carbons (Fsp3) is 0. The van der Waals surface area contributed by atoms with Crippen molar-refractivity contribution < 1.29 is 0 Å². The number of nitrogens with zero attached hydrogens (tertiary/aromatic N) is 2. The molecule has 0 aromatic rings. The lowest BCUT2D eigenvalue weighted by Gasteiger charge is -1.81. The molecule has 1 radical (unpaired) electrons. The van der Waals surface area contributed by atoms with Crippen molar-refractivity contribution in [3.05, 3.63) is 18.1 Å². The van der Waals surface area contributed by atoms with E-state index < -0.39 is 0 Å². The molecule has 0 aromatic heterocycles. The van der Waals surface area contributed by atoms with Crippen LogP contribution < -0.4 is 5.43 Å². The summed E-state index contributed by atoms with van der Waals surface area (Å²) in [7, 11) is 0. The van der Waals surface area contributed by atoms with E-state index in [1.54, 1.807) is 0 Å². The topological polar surface area (TPSA) is 36.8 Å². The predicted molar refractivity (Wildman–Crippen MR) is 19.3 cm³/mol. The smallest absolute Gasteiger partial charge is 0.167 e. The van der Waals surface area contributed by atoms with Crippen LogP contribution in [0.4, 0.5) is 0 Å². The van der Waals surface area contributed by atoms with Gasteiger partial charge in [0.25, 0.3) is 0 Å². The summed E-state index contributed by atoms with van der Waals surface area (Å²) in [6.07, 6.45) is 3.90. The largest absolute Gasteiger partial charge is 0.259 e. The average Bonchev–Trinajstić information content (AvgIpc) is 1.72. The number of hydrogen-bond acceptors (Lipinski definition) is 3. The van der Waals surface area contributed by atoms with Gasteiger partial charge in [0.05, 0.1) is 6.20 Å². The van der Waals surface area contributed by atoms with Gasteiger partial charge < -0.3 is 0 Å². The van der Waals surface area contributed by atoms with E-state index >= 15 is 0 Å². The zero-order chi connectivity index (χ0) is 4.24. The lowest BCUT2D eigenvalue weighted by atomic mass is 10.8. The van der Waals surface area contributed by atoms with Gasteiger partial charge in [-0.3, -0.25) is 5.43 Å². The molecule has 1 aliphatic rings. The molecule has 0 aliphatic carbocycles. The van der Waals surface area contributed by atoms with Crippen LogP contribution in [0.1, 0.15) is 0 Å². The fourth-order valence-electron chi connectivity index (χ4n) is 0.176. The van der Waals surface area contributed by atoms with E-state index in [2.05, 4.69) is 27.7 Å². The van der Waals surface area contributed by atoms with Crippen molar-refractivity contribution in [3.63, 3.8) is 0 Å². The molecule has 1 N–H and O–H groups in total. The summed E-state index contributed by atoms with van der Waals surface area (Å²) >= 11 is 0. The highest BCUT2D eigenvalue weighted by Crippen LogP contribution is 1.74. The van der Waals surface area contributed by atoms with Gasteiger partial charge in [-0.1, -0.05) is 11.0 Å². The van der Waals surface area contributed by atoms with E-state index in [1.165, 1.54) is 6.20 Å². The molecule has 1 rings (SSSR count). The van der Waals surface area contributed by atoms with Gasteiger partial charge in [-0.25, -0.2) is 0 Å². The summed E-state index contributed by atoms with van der Waals surface area (Å²) in [6, 6.07) is 0. The Labute approximate surface area is 35.1 Å². The molecule has 0 amide bonds. The molecule has 3 heteroatoms. The van der Waals surface area contributed by atoms with Crippen molar-refractivity contribution in [1.82, 2.24) is 5.43 Å². The maximum absolute atomic E-state index is 3.32. The molecule has 0 saturated carbocycles. The number of rotatable bonds is 0. The summed E-state index contributed by atoms with van der Waals surface area (Å²) < 4.78 is 0. The third-order valence-corrected chi connectivity index (χ3v) is 0.359. The minimum atomic E-state index is 1.52. The monoisotopic (exact) mass is 80.0 g/mol. The van der Waals surface area contributed by atoms with Gasteiger partial charge in [0.15, 0.2) is 6.20 Å². The van der Waals surface area contributed by atoms with Gasteiger partial charge >= 0.3 is 0 Å². The first kappa shape index (κ1) is 3.12. The molecule has 29 valence electrons. The molecule has 3 nitrogen and oxygen atoms in total. The van der Waals surface area contributed by atoms with Crippen LogP contribution in [0, 0.1) is 6.20 Å². The third kappa shape index (κ3) is 0.445. The summed E-state index contributed by atoms with van der Waals surface area (Å²) in [5.74, 6) is 0. The second kappa shape index (κ2) is 1.38. The highest BCUT2D eigenvalue weighted by atomic mass is 15.4. The lowest BCUT2D eigenvalue weighted by Crippen LogP contribution is -1.89. The maximum atomic E-state index is 3.32. The van der Waals surface area contributed by atoms with Crippen LogP contribution in [-0.4, -0.2) is 0 Å². The van der Waals surface area contributed by atoms with Crippen LogP contribution in [0.25, 0.3) is 0 Å². The quantitative estimate of drug-likeness (QED) is 0.420. The predicted octanol–water partition coefficient (Wildman–Crippen LogP) is 0.386. The third-order valence-electron chi connectivity index (χ3n) is 0.359. The van der Waals surface area contributed by atoms with E-state index in [4.69, 9.17) is 0 Å². The SMILES string of the molecule is [C]1=C=CNN=N1. The average molecular weight is 80.1 g/mol. The number of nitrogens with one attached hydrogen (secondary N) is 1. The van der Waals surface area contributed by atoms with Gasteiger partial charge in [0.1, 0.15) is 0 Å². The highest BCUT2D eigenvalue weighted by Gasteiger charge is 1.67. The maximum Gasteiger partial charge on any atom is 0.167 e. The van der Waals surface area contributed by atoms with Gasteiger partial charge in [0.2, 0.25) is 0 Å². The molecular formula is C3H2N3. The first-order valence-electron chi connectivity index (χ1n) is 1.47. The molecule has 6 heavy (non-hydrogen) atoms. The Hall–Kier alpha value is -1.08. The molecule has 0 atom stereocenters. The van der Waals surface area contributed by atoms with Crippen LogP contribution in [-0.2, 0) is 0 Å². The van der Waals surface area contributed by atoms with Gasteiger partial charge in [-0.05, 0) is 0 Å². The van der Waals surface area contributed by atoms with Crippen molar-refractivity contribution in [2.75, 3.05) is 0 Å². The fourth-order valence-corrected chi connectivity index (χ4v) is 0.176. The van der Waals surface area contributed by atoms with Crippen LogP contribution in [0.3, 0.4) is 0 Å². The summed E-state index contributed by atoms with van der Waals surface area (Å²) in [6.45, 7) is 0. The van der Waals surface area contributed by atoms with E-state index in [1.807, 2.05) is 0 Å². The lowest BCUT2D eigenvalue weighted by molar-refractivity contribution is 0.848. The summed E-state index contributed by atoms with van der Waals surface area (Å²) in [5, 5.41) is 6.62. The Balaban J connectivity index is 2.78. The Morgan fingerprint density at radius 1 is 1.67 bits per heavy atom. The van der Waals surface area contributed by atoms with Crippen LogP contribution in [0.5, 0.6) is 0 Å². The molecular weight excluding hydrogens is 78.1 g/mol. The zero-order valence-electron chi connectivity index (χ0n) is 2.97. The van der Waals surface area contributed by atoms with E-state index in [-0.39, 0.29) is 0 Å². The number of hydrogen-bond donors (Lipinski definition) is 1. The molecule has 1 heterocycles. The molecule has 0 bridgehead atoms. The van der Waals surface area contributed by atoms with Crippen molar-refractivity contribution in [3.8, 4) is 0 Å². The molecule has 0 unspecified atom stereocenters. The van der Waals surface area contributed by atoms with Gasteiger partial charge in [-0.15, -0.1) is 5.11 Å². The standard InChI is InChI=1S/C3H2N3/c1-2-4-6-5-3-1/h2H,(H,4,5). The highest BCUT2D eigenvalue weighted by molar-refractivity contribution is 4.75. The van der Waals surface area contributed by atoms with Crippen molar-refractivity contribution in [2.24, 2.45) is 10.3 Å². The van der Waals surface area contributed by atoms with Gasteiger partial charge in [-0.2, -0.15) is 0 Å². The van der Waals surface area contributed by atoms with Gasteiger partial charge in [0, 0.05) is 0 Å². The molecule has 0 aromatic carbocycles. The molecule has 1 aliphatic heterocycles. The summed E-state index contributed by atoms with van der Waals surface area (Å²) in [4.78, 5) is 0. The van der Waals surface area contributed by atoms with Crippen molar-refractivity contribution >= 4 is 0 Å².